The number of methoxy groups -OCH3 is 2. The lowest BCUT2D eigenvalue weighted by atomic mass is 9.79. The molecule has 1 saturated heterocycles. The van der Waals surface area contributed by atoms with E-state index in [2.05, 4.69) is 40.0 Å². The second kappa shape index (κ2) is 8.57. The highest BCUT2D eigenvalue weighted by Gasteiger charge is 2.41. The van der Waals surface area contributed by atoms with E-state index >= 15 is 0 Å². The molecule has 0 radical (unpaired) electrons. The van der Waals surface area contributed by atoms with Gasteiger partial charge in [-0.1, -0.05) is 12.1 Å². The van der Waals surface area contributed by atoms with Crippen LogP contribution in [-0.4, -0.2) is 35.0 Å². The standard InChI is InChI=1S/C27H31N3O3/c1-26(2)14-19(15-27(3,4)33-26)22-17-30(20-11-12-23(31-5)18(13-20)16-28)25(29-22)21-9-7-8-10-24(21)32-6/h7-13,17,19H,14-15H2,1-6H3. The summed E-state index contributed by atoms with van der Waals surface area (Å²) < 4.78 is 19.3. The van der Waals surface area contributed by atoms with Crippen LogP contribution in [0.3, 0.4) is 0 Å². The average molecular weight is 446 g/mol. The van der Waals surface area contributed by atoms with Crippen LogP contribution >= 0.6 is 0 Å². The number of aromatic nitrogens is 2. The Bertz CT molecular complexity index is 1190. The molecule has 0 atom stereocenters. The van der Waals surface area contributed by atoms with Crippen molar-refractivity contribution in [2.45, 2.75) is 57.7 Å². The molecule has 2 heterocycles. The first-order valence-corrected chi connectivity index (χ1v) is 11.2. The summed E-state index contributed by atoms with van der Waals surface area (Å²) >= 11 is 0. The van der Waals surface area contributed by atoms with Gasteiger partial charge in [0.05, 0.1) is 42.2 Å². The number of rotatable bonds is 5. The fourth-order valence-corrected chi connectivity index (χ4v) is 5.04. The molecule has 6 nitrogen and oxygen atoms in total. The van der Waals surface area contributed by atoms with Crippen LogP contribution in [0.4, 0.5) is 0 Å². The monoisotopic (exact) mass is 445 g/mol. The minimum Gasteiger partial charge on any atom is -0.496 e. The summed E-state index contributed by atoms with van der Waals surface area (Å²) in [4.78, 5) is 5.13. The number of hydrogen-bond donors (Lipinski definition) is 0. The van der Waals surface area contributed by atoms with Crippen molar-refractivity contribution in [3.8, 4) is 34.6 Å². The molecule has 0 unspecified atom stereocenters. The Morgan fingerprint density at radius 1 is 1.00 bits per heavy atom. The van der Waals surface area contributed by atoms with Gasteiger partial charge in [-0.2, -0.15) is 5.26 Å². The lowest BCUT2D eigenvalue weighted by Gasteiger charge is -2.45. The average Bonchev–Trinajstić information content (AvgIpc) is 3.22. The van der Waals surface area contributed by atoms with Crippen molar-refractivity contribution < 1.29 is 14.2 Å². The molecule has 1 fully saturated rings. The molecule has 0 N–H and O–H groups in total. The minimum atomic E-state index is -0.241. The number of ether oxygens (including phenoxy) is 3. The second-order valence-corrected chi connectivity index (χ2v) is 9.78. The van der Waals surface area contributed by atoms with Crippen molar-refractivity contribution in [3.05, 3.63) is 59.9 Å². The van der Waals surface area contributed by atoms with E-state index in [0.717, 1.165) is 41.4 Å². The summed E-state index contributed by atoms with van der Waals surface area (Å²) in [5, 5.41) is 9.62. The van der Waals surface area contributed by atoms with E-state index in [9.17, 15) is 5.26 Å². The molecule has 0 saturated carbocycles. The summed E-state index contributed by atoms with van der Waals surface area (Å²) in [6.07, 6.45) is 3.85. The van der Waals surface area contributed by atoms with E-state index in [1.807, 2.05) is 47.0 Å². The molecular weight excluding hydrogens is 414 g/mol. The fraction of sp³-hybridized carbons (Fsp3) is 0.407. The lowest BCUT2D eigenvalue weighted by molar-refractivity contribution is -0.162. The lowest BCUT2D eigenvalue weighted by Crippen LogP contribution is -2.44. The van der Waals surface area contributed by atoms with E-state index in [1.165, 1.54) is 0 Å². The van der Waals surface area contributed by atoms with Gasteiger partial charge in [-0.25, -0.2) is 4.98 Å². The van der Waals surface area contributed by atoms with Crippen LogP contribution in [-0.2, 0) is 4.74 Å². The van der Waals surface area contributed by atoms with Gasteiger partial charge >= 0.3 is 0 Å². The number of imidazole rings is 1. The molecule has 0 spiro atoms. The van der Waals surface area contributed by atoms with Crippen molar-refractivity contribution in [1.82, 2.24) is 9.55 Å². The van der Waals surface area contributed by atoms with Gasteiger partial charge in [-0.15, -0.1) is 0 Å². The highest BCUT2D eigenvalue weighted by Crippen LogP contribution is 2.44. The van der Waals surface area contributed by atoms with Crippen molar-refractivity contribution >= 4 is 0 Å². The number of benzene rings is 2. The highest BCUT2D eigenvalue weighted by molar-refractivity contribution is 5.67. The van der Waals surface area contributed by atoms with Crippen LogP contribution in [0.2, 0.25) is 0 Å². The van der Waals surface area contributed by atoms with Crippen LogP contribution in [0, 0.1) is 11.3 Å². The largest absolute Gasteiger partial charge is 0.496 e. The third-order valence-electron chi connectivity index (χ3n) is 6.10. The summed E-state index contributed by atoms with van der Waals surface area (Å²) in [6.45, 7) is 8.56. The maximum atomic E-state index is 9.62. The molecule has 33 heavy (non-hydrogen) atoms. The molecule has 2 aromatic carbocycles. The van der Waals surface area contributed by atoms with Crippen molar-refractivity contribution in [2.75, 3.05) is 14.2 Å². The SMILES string of the molecule is COc1ccc(-n2cc(C3CC(C)(C)OC(C)(C)C3)nc2-c2ccccc2OC)cc1C#N. The van der Waals surface area contributed by atoms with Gasteiger partial charge in [0, 0.05) is 17.8 Å². The van der Waals surface area contributed by atoms with Crippen LogP contribution in [0.25, 0.3) is 17.1 Å². The van der Waals surface area contributed by atoms with E-state index in [-0.39, 0.29) is 17.1 Å². The molecule has 4 rings (SSSR count). The van der Waals surface area contributed by atoms with Gasteiger partial charge < -0.3 is 14.2 Å². The van der Waals surface area contributed by atoms with Crippen molar-refractivity contribution in [2.24, 2.45) is 0 Å². The van der Waals surface area contributed by atoms with Crippen molar-refractivity contribution in [1.29, 1.82) is 5.26 Å². The molecule has 0 aliphatic carbocycles. The number of hydrogen-bond acceptors (Lipinski definition) is 5. The first-order chi connectivity index (χ1) is 15.7. The zero-order valence-electron chi connectivity index (χ0n) is 20.2. The highest BCUT2D eigenvalue weighted by atomic mass is 16.5. The minimum absolute atomic E-state index is 0.241. The molecule has 1 aromatic heterocycles. The maximum absolute atomic E-state index is 9.62. The molecule has 6 heteroatoms. The van der Waals surface area contributed by atoms with E-state index in [0.29, 0.717) is 11.3 Å². The fourth-order valence-electron chi connectivity index (χ4n) is 5.04. The van der Waals surface area contributed by atoms with Gasteiger partial charge in [-0.05, 0) is 70.9 Å². The molecule has 172 valence electrons. The van der Waals surface area contributed by atoms with E-state index in [1.54, 1.807) is 14.2 Å². The third kappa shape index (κ3) is 4.60. The Hall–Kier alpha value is -3.30. The quantitative estimate of drug-likeness (QED) is 0.490. The third-order valence-corrected chi connectivity index (χ3v) is 6.10. The predicted octanol–water partition coefficient (Wildman–Crippen LogP) is 5.88. The van der Waals surface area contributed by atoms with Crippen LogP contribution in [0.1, 0.15) is 57.7 Å². The van der Waals surface area contributed by atoms with Crippen LogP contribution in [0.5, 0.6) is 11.5 Å². The van der Waals surface area contributed by atoms with Gasteiger partial charge in [0.2, 0.25) is 0 Å². The number of nitriles is 1. The first kappa shape index (κ1) is 22.9. The smallest absolute Gasteiger partial charge is 0.148 e. The number of nitrogens with zero attached hydrogens (tertiary/aromatic N) is 3. The van der Waals surface area contributed by atoms with Gasteiger partial charge in [0.15, 0.2) is 0 Å². The van der Waals surface area contributed by atoms with Gasteiger partial charge in [-0.3, -0.25) is 4.57 Å². The number of para-hydroxylation sites is 1. The Morgan fingerprint density at radius 3 is 2.30 bits per heavy atom. The summed E-state index contributed by atoms with van der Waals surface area (Å²) in [6, 6.07) is 15.7. The molecule has 0 amide bonds. The summed E-state index contributed by atoms with van der Waals surface area (Å²) in [5.74, 6) is 2.32. The van der Waals surface area contributed by atoms with E-state index in [4.69, 9.17) is 19.2 Å². The second-order valence-electron chi connectivity index (χ2n) is 9.78. The summed E-state index contributed by atoms with van der Waals surface area (Å²) in [7, 11) is 3.23. The maximum Gasteiger partial charge on any atom is 0.148 e. The Balaban J connectivity index is 1.89. The van der Waals surface area contributed by atoms with Crippen LogP contribution in [0.15, 0.2) is 48.7 Å². The van der Waals surface area contributed by atoms with Crippen LogP contribution < -0.4 is 9.47 Å². The molecule has 3 aromatic rings. The zero-order chi connectivity index (χ0) is 23.8. The normalized spacial score (nSPS) is 17.4. The molecule has 1 aliphatic heterocycles. The Morgan fingerprint density at radius 2 is 1.67 bits per heavy atom. The molecule has 0 bridgehead atoms. The van der Waals surface area contributed by atoms with Gasteiger partial charge in [0.25, 0.3) is 0 Å². The molecular formula is C27H31N3O3. The molecule has 1 aliphatic rings. The van der Waals surface area contributed by atoms with Crippen molar-refractivity contribution in [3.63, 3.8) is 0 Å². The predicted molar refractivity (Wildman–Crippen MR) is 128 cm³/mol. The van der Waals surface area contributed by atoms with Gasteiger partial charge in [0.1, 0.15) is 23.4 Å². The Kier molecular flexibility index (Phi) is 5.94. The van der Waals surface area contributed by atoms with E-state index < -0.39 is 0 Å². The Labute approximate surface area is 195 Å². The zero-order valence-corrected chi connectivity index (χ0v) is 20.2. The first-order valence-electron chi connectivity index (χ1n) is 11.2. The topological polar surface area (TPSA) is 69.3 Å². The summed E-state index contributed by atoms with van der Waals surface area (Å²) in [5.41, 5.74) is 2.74.